The van der Waals surface area contributed by atoms with Crippen molar-refractivity contribution in [3.8, 4) is 11.4 Å². The van der Waals surface area contributed by atoms with Crippen molar-refractivity contribution in [3.05, 3.63) is 175 Å². The number of rotatable bonds is 2. The van der Waals surface area contributed by atoms with Crippen LogP contribution in [0.25, 0.3) is 120 Å². The molecule has 0 atom stereocenters. The Kier molecular flexibility index (Phi) is 7.45. The first-order valence-corrected chi connectivity index (χ1v) is 26.1. The fourth-order valence-corrected chi connectivity index (χ4v) is 15.3. The van der Waals surface area contributed by atoms with Gasteiger partial charge in [0.05, 0.1) is 16.6 Å². The van der Waals surface area contributed by atoms with Crippen molar-refractivity contribution >= 4 is 131 Å². The molecule has 4 heterocycles. The minimum absolute atomic E-state index is 0.0645. The van der Waals surface area contributed by atoms with Crippen molar-refractivity contribution < 1.29 is 0 Å². The molecule has 0 bridgehead atoms. The Morgan fingerprint density at radius 2 is 0.826 bits per heavy atom. The van der Waals surface area contributed by atoms with Crippen LogP contribution in [0.2, 0.25) is 0 Å². The van der Waals surface area contributed by atoms with E-state index in [9.17, 15) is 0 Å². The number of benzene rings is 11. The molecule has 11 aromatic carbocycles. The quantitative estimate of drug-likeness (QED) is 0.121. The van der Waals surface area contributed by atoms with Crippen LogP contribution in [0.15, 0.2) is 164 Å². The maximum atomic E-state index is 2.75. The third kappa shape index (κ3) is 4.79. The third-order valence-electron chi connectivity index (χ3n) is 18.2. The lowest BCUT2D eigenvalue weighted by atomic mass is 9.34. The van der Waals surface area contributed by atoms with Gasteiger partial charge in [-0.3, -0.25) is 0 Å². The van der Waals surface area contributed by atoms with Crippen LogP contribution in [0, 0.1) is 0 Å². The van der Waals surface area contributed by atoms with E-state index in [-0.39, 0.29) is 6.71 Å². The first kappa shape index (κ1) is 37.6. The number of fused-ring (bicyclic) bond motifs is 24. The van der Waals surface area contributed by atoms with Crippen LogP contribution in [-0.2, 0) is 0 Å². The van der Waals surface area contributed by atoms with Crippen molar-refractivity contribution in [1.82, 2.24) is 9.13 Å². The molecule has 2 saturated carbocycles. The number of hydrogen-bond donors (Lipinski definition) is 0. The van der Waals surface area contributed by atoms with E-state index in [1.165, 1.54) is 211 Å². The third-order valence-corrected chi connectivity index (χ3v) is 18.2. The second kappa shape index (κ2) is 13.7. The highest BCUT2D eigenvalue weighted by molar-refractivity contribution is 7.00. The Hall–Kier alpha value is -7.36. The van der Waals surface area contributed by atoms with E-state index in [4.69, 9.17) is 0 Å². The Morgan fingerprint density at radius 3 is 1.48 bits per heavy atom. The molecule has 0 spiro atoms. The molecule has 2 fully saturated rings. The van der Waals surface area contributed by atoms with Gasteiger partial charge in [-0.05, 0) is 149 Å². The van der Waals surface area contributed by atoms with Crippen LogP contribution in [0.5, 0.6) is 0 Å². The zero-order valence-corrected chi connectivity index (χ0v) is 38.8. The molecule has 2 aliphatic carbocycles. The lowest BCUT2D eigenvalue weighted by Crippen LogP contribution is -2.59. The van der Waals surface area contributed by atoms with Gasteiger partial charge in [-0.15, -0.1) is 0 Å². The summed E-state index contributed by atoms with van der Waals surface area (Å²) in [6.45, 7) is 0.0645. The van der Waals surface area contributed by atoms with E-state index < -0.39 is 0 Å². The van der Waals surface area contributed by atoms with Crippen molar-refractivity contribution in [3.63, 3.8) is 0 Å². The Labute approximate surface area is 400 Å². The van der Waals surface area contributed by atoms with Crippen molar-refractivity contribution in [2.75, 3.05) is 0 Å². The lowest BCUT2D eigenvalue weighted by Gasteiger charge is -2.35. The summed E-state index contributed by atoms with van der Waals surface area (Å²) >= 11 is 0. The van der Waals surface area contributed by atoms with Crippen LogP contribution >= 0.6 is 0 Å². The van der Waals surface area contributed by atoms with E-state index in [2.05, 4.69) is 173 Å². The largest absolute Gasteiger partial charge is 0.310 e. The molecule has 13 aromatic rings. The fourth-order valence-electron chi connectivity index (χ4n) is 15.3. The number of hydrogen-bond acceptors (Lipinski definition) is 0. The van der Waals surface area contributed by atoms with Gasteiger partial charge in [-0.25, -0.2) is 0 Å². The lowest BCUT2D eigenvalue weighted by molar-refractivity contribution is 0.444. The minimum atomic E-state index is 0.0645. The second-order valence-electron chi connectivity index (χ2n) is 21.4. The predicted octanol–water partition coefficient (Wildman–Crippen LogP) is 16.0. The molecule has 2 aliphatic heterocycles. The Morgan fingerprint density at radius 1 is 0.319 bits per heavy atom. The molecular formula is C66H49BN2. The molecular weight excluding hydrogens is 832 g/mol. The standard InChI is InChI=1S/C66H49BN2/c1-3-16-38(17-4-1)40-30-33-57-54(34-40)62-60-48-26-13-11-22-44(48)43-21-8-10-25-47(43)52(60)37-56-66(62)68(57)58-28-15-29-59-63(58)67(56)55-36-41(39-18-5-2-6-19-39)35-53-51-32-31-50-46-24-9-7-20-42(46)45-23-12-14-27-49(45)61(50)65(51)69(59)64(53)55/h7-15,20-39H,1-6,16-19H2. The van der Waals surface area contributed by atoms with Gasteiger partial charge < -0.3 is 9.13 Å². The summed E-state index contributed by atoms with van der Waals surface area (Å²) in [5, 5.41) is 21.8. The summed E-state index contributed by atoms with van der Waals surface area (Å²) in [4.78, 5) is 0. The molecule has 2 aromatic heterocycles. The van der Waals surface area contributed by atoms with Crippen molar-refractivity contribution in [1.29, 1.82) is 0 Å². The van der Waals surface area contributed by atoms with Gasteiger partial charge >= 0.3 is 0 Å². The van der Waals surface area contributed by atoms with E-state index >= 15 is 0 Å². The normalized spacial score (nSPS) is 16.3. The van der Waals surface area contributed by atoms with E-state index in [1.807, 2.05) is 0 Å². The monoisotopic (exact) mass is 880 g/mol. The van der Waals surface area contributed by atoms with Gasteiger partial charge in [-0.2, -0.15) is 0 Å². The van der Waals surface area contributed by atoms with Crippen molar-refractivity contribution in [2.45, 2.75) is 76.0 Å². The highest BCUT2D eigenvalue weighted by atomic mass is 15.0. The van der Waals surface area contributed by atoms with Crippen LogP contribution in [0.3, 0.4) is 0 Å². The van der Waals surface area contributed by atoms with Crippen LogP contribution in [0.1, 0.15) is 87.2 Å². The maximum absolute atomic E-state index is 2.75. The van der Waals surface area contributed by atoms with Crippen molar-refractivity contribution in [2.24, 2.45) is 0 Å². The van der Waals surface area contributed by atoms with E-state index in [0.717, 1.165) is 0 Å². The molecule has 0 N–H and O–H groups in total. The molecule has 17 rings (SSSR count). The highest BCUT2D eigenvalue weighted by Crippen LogP contribution is 2.49. The first-order chi connectivity index (χ1) is 34.3. The second-order valence-corrected chi connectivity index (χ2v) is 21.4. The summed E-state index contributed by atoms with van der Waals surface area (Å²) in [6.07, 6.45) is 13.1. The molecule has 69 heavy (non-hydrogen) atoms. The molecule has 4 aliphatic rings. The van der Waals surface area contributed by atoms with E-state index in [0.29, 0.717) is 11.8 Å². The van der Waals surface area contributed by atoms with Gasteiger partial charge in [0, 0.05) is 49.2 Å². The zero-order chi connectivity index (χ0) is 44.6. The SMILES string of the molecule is c1cc2c3c(c1)-n1c4c(cc(C5CCCCC5)cc4c4ccc5c6ccccc6c6ccccc6c5c41)B3c1cc3c4ccccc4c4ccccc4c3c3c4cc(C5CCCCC5)ccc4n-2c13. The molecule has 2 nitrogen and oxygen atoms in total. The zero-order valence-electron chi connectivity index (χ0n) is 38.8. The van der Waals surface area contributed by atoms with Crippen LogP contribution in [-0.4, -0.2) is 15.8 Å². The molecule has 0 saturated heterocycles. The maximum Gasteiger partial charge on any atom is 0.252 e. The smallest absolute Gasteiger partial charge is 0.252 e. The average molecular weight is 881 g/mol. The molecule has 0 radical (unpaired) electrons. The van der Waals surface area contributed by atoms with E-state index in [1.54, 1.807) is 0 Å². The molecule has 326 valence electrons. The van der Waals surface area contributed by atoms with Crippen LogP contribution in [0.4, 0.5) is 0 Å². The summed E-state index contributed by atoms with van der Waals surface area (Å²) in [5.41, 5.74) is 15.6. The van der Waals surface area contributed by atoms with Gasteiger partial charge in [0.15, 0.2) is 0 Å². The number of nitrogens with zero attached hydrogens (tertiary/aromatic N) is 2. The summed E-state index contributed by atoms with van der Waals surface area (Å²) in [7, 11) is 0. The molecule has 0 amide bonds. The number of aromatic nitrogens is 2. The summed E-state index contributed by atoms with van der Waals surface area (Å²) in [6, 6.07) is 64.8. The summed E-state index contributed by atoms with van der Waals surface area (Å²) in [5.74, 6) is 1.19. The first-order valence-electron chi connectivity index (χ1n) is 26.1. The molecule has 3 heteroatoms. The molecule has 0 unspecified atom stereocenters. The van der Waals surface area contributed by atoms with Crippen LogP contribution < -0.4 is 16.4 Å². The average Bonchev–Trinajstić information content (AvgIpc) is 3.95. The minimum Gasteiger partial charge on any atom is -0.310 e. The Bertz CT molecular complexity index is 4420. The van der Waals surface area contributed by atoms with Gasteiger partial charge in [0.2, 0.25) is 0 Å². The van der Waals surface area contributed by atoms with Gasteiger partial charge in [0.25, 0.3) is 6.71 Å². The van der Waals surface area contributed by atoms with Gasteiger partial charge in [0.1, 0.15) is 0 Å². The summed E-state index contributed by atoms with van der Waals surface area (Å²) < 4.78 is 5.48. The fraction of sp³-hybridized carbons (Fsp3) is 0.182. The predicted molar refractivity (Wildman–Crippen MR) is 296 cm³/mol. The highest BCUT2D eigenvalue weighted by Gasteiger charge is 2.42. The Balaban J connectivity index is 1.09. The topological polar surface area (TPSA) is 9.86 Å². The van der Waals surface area contributed by atoms with Gasteiger partial charge in [-0.1, -0.05) is 172 Å².